The molecule has 0 radical (unpaired) electrons. The molecule has 1 aromatic rings. The summed E-state index contributed by atoms with van der Waals surface area (Å²) in [4.78, 5) is 16.9. The minimum Gasteiger partial charge on any atom is -0.492 e. The maximum absolute atomic E-state index is 12.6. The van der Waals surface area contributed by atoms with Crippen LogP contribution in [0.15, 0.2) is 24.3 Å². The lowest BCUT2D eigenvalue weighted by molar-refractivity contribution is -0.134. The van der Waals surface area contributed by atoms with Gasteiger partial charge in [0, 0.05) is 44.8 Å². The summed E-state index contributed by atoms with van der Waals surface area (Å²) in [6.07, 6.45) is 0. The van der Waals surface area contributed by atoms with Crippen LogP contribution in [-0.2, 0) is 4.79 Å². The molecule has 0 spiro atoms. The van der Waals surface area contributed by atoms with Gasteiger partial charge < -0.3 is 15.4 Å². The maximum Gasteiger partial charge on any atom is 0.233 e. The van der Waals surface area contributed by atoms with Crippen LogP contribution in [0.1, 0.15) is 11.5 Å². The van der Waals surface area contributed by atoms with Gasteiger partial charge in [0.15, 0.2) is 0 Å². The van der Waals surface area contributed by atoms with Crippen molar-refractivity contribution in [2.45, 2.75) is 5.92 Å². The normalized spacial score (nSPS) is 22.4. The molecule has 5 heteroatoms. The minimum absolute atomic E-state index is 0.132. The number of nitrogens with zero attached hydrogens (tertiary/aromatic N) is 2. The molecule has 3 rings (SSSR count). The van der Waals surface area contributed by atoms with Gasteiger partial charge in [-0.15, -0.1) is 0 Å². The van der Waals surface area contributed by atoms with Gasteiger partial charge in [-0.25, -0.2) is 0 Å². The van der Waals surface area contributed by atoms with Crippen molar-refractivity contribution >= 4 is 5.91 Å². The van der Waals surface area contributed by atoms with Gasteiger partial charge in [0.25, 0.3) is 0 Å². The predicted molar refractivity (Wildman–Crippen MR) is 76.8 cm³/mol. The molecule has 1 fully saturated rings. The molecule has 2 heterocycles. The van der Waals surface area contributed by atoms with E-state index in [1.165, 1.54) is 0 Å². The fraction of sp³-hybridized carbons (Fsp3) is 0.533. The zero-order valence-electron chi connectivity index (χ0n) is 11.6. The van der Waals surface area contributed by atoms with Crippen molar-refractivity contribution < 1.29 is 9.53 Å². The molecule has 2 aliphatic heterocycles. The highest BCUT2D eigenvalue weighted by molar-refractivity contribution is 5.85. The predicted octanol–water partition coefficient (Wildman–Crippen LogP) is 0.266. The van der Waals surface area contributed by atoms with Gasteiger partial charge in [-0.1, -0.05) is 18.2 Å². The fourth-order valence-electron chi connectivity index (χ4n) is 2.96. The highest BCUT2D eigenvalue weighted by Gasteiger charge is 2.34. The van der Waals surface area contributed by atoms with Gasteiger partial charge in [-0.05, 0) is 6.07 Å². The third-order valence-electron chi connectivity index (χ3n) is 4.13. The summed E-state index contributed by atoms with van der Waals surface area (Å²) in [6.45, 7) is 5.47. The molecule has 0 bridgehead atoms. The van der Waals surface area contributed by atoms with Crippen LogP contribution in [0.3, 0.4) is 0 Å². The Morgan fingerprint density at radius 3 is 2.75 bits per heavy atom. The van der Waals surface area contributed by atoms with Gasteiger partial charge >= 0.3 is 0 Å². The Labute approximate surface area is 119 Å². The van der Waals surface area contributed by atoms with Gasteiger partial charge in [-0.3, -0.25) is 9.69 Å². The van der Waals surface area contributed by atoms with Crippen LogP contribution in [0.25, 0.3) is 0 Å². The Morgan fingerprint density at radius 2 is 2.00 bits per heavy atom. The lowest BCUT2D eigenvalue weighted by atomic mass is 9.99. The Hall–Kier alpha value is -1.59. The van der Waals surface area contributed by atoms with Gasteiger partial charge in [0.2, 0.25) is 5.91 Å². The second-order valence-corrected chi connectivity index (χ2v) is 5.36. The number of amides is 1. The summed E-state index contributed by atoms with van der Waals surface area (Å²) >= 11 is 0. The number of para-hydroxylation sites is 1. The largest absolute Gasteiger partial charge is 0.492 e. The molecular formula is C15H21N3O2. The number of hydrogen-bond donors (Lipinski definition) is 1. The third kappa shape index (κ3) is 2.51. The molecule has 1 amide bonds. The maximum atomic E-state index is 12.6. The van der Waals surface area contributed by atoms with E-state index < -0.39 is 0 Å². The van der Waals surface area contributed by atoms with E-state index in [0.29, 0.717) is 13.2 Å². The lowest BCUT2D eigenvalue weighted by Gasteiger charge is -2.35. The van der Waals surface area contributed by atoms with E-state index in [4.69, 9.17) is 10.5 Å². The van der Waals surface area contributed by atoms with Crippen LogP contribution in [0, 0.1) is 0 Å². The summed E-state index contributed by atoms with van der Waals surface area (Å²) in [6, 6.07) is 7.83. The van der Waals surface area contributed by atoms with Crippen LogP contribution in [-0.4, -0.2) is 61.6 Å². The molecule has 1 unspecified atom stereocenters. The van der Waals surface area contributed by atoms with Crippen molar-refractivity contribution in [2.24, 2.45) is 5.73 Å². The van der Waals surface area contributed by atoms with E-state index in [1.807, 2.05) is 29.2 Å². The zero-order chi connectivity index (χ0) is 13.9. The number of nitrogens with two attached hydrogens (primary N) is 1. The fourth-order valence-corrected chi connectivity index (χ4v) is 2.96. The first-order valence-electron chi connectivity index (χ1n) is 7.22. The number of carbonyl (C=O) groups is 1. The summed E-state index contributed by atoms with van der Waals surface area (Å²) in [5.74, 6) is 0.919. The topological polar surface area (TPSA) is 58.8 Å². The molecular weight excluding hydrogens is 254 g/mol. The third-order valence-corrected chi connectivity index (χ3v) is 4.13. The van der Waals surface area contributed by atoms with Gasteiger partial charge in [0.05, 0.1) is 0 Å². The summed E-state index contributed by atoms with van der Waals surface area (Å²) in [7, 11) is 0. The first kappa shape index (κ1) is 13.4. The average Bonchev–Trinajstić information content (AvgIpc) is 2.92. The van der Waals surface area contributed by atoms with Crippen molar-refractivity contribution in [1.82, 2.24) is 9.80 Å². The van der Waals surface area contributed by atoms with E-state index >= 15 is 0 Å². The molecule has 1 saturated heterocycles. The van der Waals surface area contributed by atoms with Crippen molar-refractivity contribution in [3.8, 4) is 5.75 Å². The molecule has 0 saturated carbocycles. The van der Waals surface area contributed by atoms with Crippen LogP contribution in [0.5, 0.6) is 5.75 Å². The highest BCUT2D eigenvalue weighted by atomic mass is 16.5. The average molecular weight is 275 g/mol. The quantitative estimate of drug-likeness (QED) is 0.860. The first-order valence-corrected chi connectivity index (χ1v) is 7.22. The summed E-state index contributed by atoms with van der Waals surface area (Å²) in [5, 5.41) is 0. The smallest absolute Gasteiger partial charge is 0.233 e. The highest BCUT2D eigenvalue weighted by Crippen LogP contribution is 2.34. The number of ether oxygens (including phenoxy) is 1. The molecule has 0 aromatic heterocycles. The molecule has 5 nitrogen and oxygen atoms in total. The molecule has 1 aromatic carbocycles. The molecule has 2 aliphatic rings. The number of fused-ring (bicyclic) bond motifs is 1. The second-order valence-electron chi connectivity index (χ2n) is 5.36. The van der Waals surface area contributed by atoms with Crippen LogP contribution >= 0.6 is 0 Å². The number of benzene rings is 1. The monoisotopic (exact) mass is 275 g/mol. The Morgan fingerprint density at radius 1 is 1.25 bits per heavy atom. The Kier molecular flexibility index (Phi) is 3.89. The standard InChI is InChI=1S/C15H21N3O2/c16-5-6-17-7-9-18(10-8-17)15(19)13-11-20-14-4-2-1-3-12(13)14/h1-4,13H,5-11,16H2. The SMILES string of the molecule is NCCN1CCN(C(=O)C2COc3ccccc32)CC1. The van der Waals surface area contributed by atoms with Gasteiger partial charge in [0.1, 0.15) is 18.3 Å². The van der Waals surface area contributed by atoms with Crippen LogP contribution < -0.4 is 10.5 Å². The van der Waals surface area contributed by atoms with E-state index in [1.54, 1.807) is 0 Å². The number of piperazine rings is 1. The Balaban J connectivity index is 1.64. The minimum atomic E-state index is -0.132. The number of hydrogen-bond acceptors (Lipinski definition) is 4. The van der Waals surface area contributed by atoms with E-state index in [0.717, 1.165) is 44.0 Å². The zero-order valence-corrected chi connectivity index (χ0v) is 11.6. The number of carbonyl (C=O) groups excluding carboxylic acids is 1. The molecule has 2 N–H and O–H groups in total. The van der Waals surface area contributed by atoms with E-state index in [2.05, 4.69) is 4.90 Å². The van der Waals surface area contributed by atoms with E-state index in [-0.39, 0.29) is 11.8 Å². The summed E-state index contributed by atoms with van der Waals surface area (Å²) < 4.78 is 5.61. The second kappa shape index (κ2) is 5.81. The molecule has 20 heavy (non-hydrogen) atoms. The molecule has 0 aliphatic carbocycles. The van der Waals surface area contributed by atoms with Gasteiger partial charge in [-0.2, -0.15) is 0 Å². The first-order chi connectivity index (χ1) is 9.79. The van der Waals surface area contributed by atoms with Crippen LogP contribution in [0.2, 0.25) is 0 Å². The molecule has 108 valence electrons. The lowest BCUT2D eigenvalue weighted by Crippen LogP contribution is -2.51. The van der Waals surface area contributed by atoms with E-state index in [9.17, 15) is 4.79 Å². The summed E-state index contributed by atoms with van der Waals surface area (Å²) in [5.41, 5.74) is 6.60. The Bertz CT molecular complexity index is 484. The molecule has 1 atom stereocenters. The van der Waals surface area contributed by atoms with Crippen molar-refractivity contribution in [2.75, 3.05) is 45.9 Å². The van der Waals surface area contributed by atoms with Crippen LogP contribution in [0.4, 0.5) is 0 Å². The number of rotatable bonds is 3. The van der Waals surface area contributed by atoms with Crippen molar-refractivity contribution in [1.29, 1.82) is 0 Å². The van der Waals surface area contributed by atoms with Crippen molar-refractivity contribution in [3.63, 3.8) is 0 Å². The van der Waals surface area contributed by atoms with Crippen molar-refractivity contribution in [3.05, 3.63) is 29.8 Å².